The van der Waals surface area contributed by atoms with Gasteiger partial charge in [0.1, 0.15) is 11.3 Å². The van der Waals surface area contributed by atoms with Gasteiger partial charge in [0.15, 0.2) is 0 Å². The fraction of sp³-hybridized carbons (Fsp3) is 0.176. The monoisotopic (exact) mass is 361 g/mol. The topological polar surface area (TPSA) is 39.2 Å². The number of aryl methyl sites for hydroxylation is 1. The third-order valence-corrected chi connectivity index (χ3v) is 4.96. The Balaban J connectivity index is 1.75. The smallest absolute Gasteiger partial charge is 0.137 e. The van der Waals surface area contributed by atoms with E-state index in [0.717, 1.165) is 32.5 Å². The molecule has 0 aliphatic heterocycles. The molecule has 2 aromatic carbocycles. The van der Waals surface area contributed by atoms with E-state index in [1.54, 1.807) is 11.8 Å². The summed E-state index contributed by atoms with van der Waals surface area (Å²) in [4.78, 5) is 1.20. The number of hydrogen-bond donors (Lipinski definition) is 1. The molecule has 0 saturated carbocycles. The third-order valence-electron chi connectivity index (χ3n) is 3.35. The second-order valence-corrected chi connectivity index (χ2v) is 7.03. The number of fused-ring (bicyclic) bond motifs is 1. The molecule has 21 heavy (non-hydrogen) atoms. The summed E-state index contributed by atoms with van der Waals surface area (Å²) >= 11 is 5.22. The van der Waals surface area contributed by atoms with Crippen molar-refractivity contribution in [3.05, 3.63) is 64.3 Å². The van der Waals surface area contributed by atoms with Crippen molar-refractivity contribution in [1.29, 1.82) is 0 Å². The molecule has 1 atom stereocenters. The molecule has 108 valence electrons. The molecule has 0 amide bonds. The van der Waals surface area contributed by atoms with Crippen LogP contribution in [0.15, 0.2) is 62.3 Å². The van der Waals surface area contributed by atoms with Gasteiger partial charge in [-0.1, -0.05) is 40.2 Å². The Hall–Kier alpha value is -1.23. The highest BCUT2D eigenvalue weighted by Crippen LogP contribution is 2.29. The van der Waals surface area contributed by atoms with Gasteiger partial charge in [0, 0.05) is 20.5 Å². The molecule has 0 bridgehead atoms. The predicted molar refractivity (Wildman–Crippen MR) is 92.7 cm³/mol. The van der Waals surface area contributed by atoms with Crippen LogP contribution in [0.4, 0.5) is 0 Å². The highest BCUT2D eigenvalue weighted by Gasteiger charge is 2.13. The minimum atomic E-state index is -0.110. The molecular weight excluding hydrogens is 346 g/mol. The average molecular weight is 362 g/mol. The number of halogens is 1. The number of furan rings is 1. The SMILES string of the molecule is Cc1cccc2cc(C(N)CSc3cccc(Br)c3)oc12. The van der Waals surface area contributed by atoms with Gasteiger partial charge in [0.25, 0.3) is 0 Å². The van der Waals surface area contributed by atoms with Gasteiger partial charge in [-0.15, -0.1) is 11.8 Å². The molecule has 4 heteroatoms. The van der Waals surface area contributed by atoms with Gasteiger partial charge in [-0.2, -0.15) is 0 Å². The molecule has 1 heterocycles. The normalized spacial score (nSPS) is 12.7. The van der Waals surface area contributed by atoms with Crippen LogP contribution in [0.25, 0.3) is 11.0 Å². The van der Waals surface area contributed by atoms with Crippen molar-refractivity contribution in [3.8, 4) is 0 Å². The molecule has 1 unspecified atom stereocenters. The van der Waals surface area contributed by atoms with Crippen molar-refractivity contribution < 1.29 is 4.42 Å². The first-order valence-corrected chi connectivity index (χ1v) is 8.54. The average Bonchev–Trinajstić information content (AvgIpc) is 2.90. The first kappa shape index (κ1) is 14.7. The zero-order valence-corrected chi connectivity index (χ0v) is 14.1. The number of hydrogen-bond acceptors (Lipinski definition) is 3. The summed E-state index contributed by atoms with van der Waals surface area (Å²) in [7, 11) is 0. The van der Waals surface area contributed by atoms with E-state index in [-0.39, 0.29) is 6.04 Å². The summed E-state index contributed by atoms with van der Waals surface area (Å²) in [6.45, 7) is 2.05. The van der Waals surface area contributed by atoms with Crippen LogP contribution in [0.5, 0.6) is 0 Å². The fourth-order valence-corrected chi connectivity index (χ4v) is 3.71. The van der Waals surface area contributed by atoms with Crippen molar-refractivity contribution in [2.75, 3.05) is 5.75 Å². The van der Waals surface area contributed by atoms with Crippen LogP contribution in [-0.2, 0) is 0 Å². The second-order valence-electron chi connectivity index (χ2n) is 5.02. The second kappa shape index (κ2) is 6.26. The Labute approximate surface area is 136 Å². The summed E-state index contributed by atoms with van der Waals surface area (Å²) < 4.78 is 7.01. The Morgan fingerprint density at radius 2 is 2.00 bits per heavy atom. The number of para-hydroxylation sites is 1. The number of benzene rings is 2. The summed E-state index contributed by atoms with van der Waals surface area (Å²) in [5.41, 5.74) is 8.35. The van der Waals surface area contributed by atoms with Crippen molar-refractivity contribution in [2.24, 2.45) is 5.73 Å². The molecule has 0 saturated heterocycles. The lowest BCUT2D eigenvalue weighted by molar-refractivity contribution is 0.514. The van der Waals surface area contributed by atoms with Crippen molar-refractivity contribution in [3.63, 3.8) is 0 Å². The zero-order valence-electron chi connectivity index (χ0n) is 11.7. The molecular formula is C17H16BrNOS. The van der Waals surface area contributed by atoms with Crippen LogP contribution in [0.3, 0.4) is 0 Å². The van der Waals surface area contributed by atoms with Crippen LogP contribution in [0.1, 0.15) is 17.4 Å². The minimum absolute atomic E-state index is 0.110. The third kappa shape index (κ3) is 3.34. The van der Waals surface area contributed by atoms with E-state index in [1.165, 1.54) is 4.90 Å². The van der Waals surface area contributed by atoms with E-state index in [2.05, 4.69) is 53.2 Å². The van der Waals surface area contributed by atoms with Gasteiger partial charge in [-0.25, -0.2) is 0 Å². The Bertz CT molecular complexity index is 768. The van der Waals surface area contributed by atoms with Gasteiger partial charge < -0.3 is 10.2 Å². The van der Waals surface area contributed by atoms with Crippen LogP contribution < -0.4 is 5.73 Å². The number of nitrogens with two attached hydrogens (primary N) is 1. The Kier molecular flexibility index (Phi) is 4.38. The van der Waals surface area contributed by atoms with Crippen LogP contribution >= 0.6 is 27.7 Å². The molecule has 2 nitrogen and oxygen atoms in total. The molecule has 0 aliphatic rings. The molecule has 3 rings (SSSR count). The fourth-order valence-electron chi connectivity index (χ4n) is 2.24. The van der Waals surface area contributed by atoms with Gasteiger partial charge in [-0.05, 0) is 36.8 Å². The zero-order chi connectivity index (χ0) is 14.8. The molecule has 3 aromatic rings. The van der Waals surface area contributed by atoms with Gasteiger partial charge in [0.05, 0.1) is 6.04 Å². The molecule has 2 N–H and O–H groups in total. The summed E-state index contributed by atoms with van der Waals surface area (Å²) in [6.07, 6.45) is 0. The molecule has 0 spiro atoms. The van der Waals surface area contributed by atoms with E-state index >= 15 is 0 Å². The number of thioether (sulfide) groups is 1. The number of rotatable bonds is 4. The van der Waals surface area contributed by atoms with Crippen molar-refractivity contribution >= 4 is 38.7 Å². The van der Waals surface area contributed by atoms with E-state index in [0.29, 0.717) is 0 Å². The maximum atomic E-state index is 6.27. The highest BCUT2D eigenvalue weighted by molar-refractivity contribution is 9.10. The predicted octanol–water partition coefficient (Wildman–Crippen LogP) is 5.30. The maximum absolute atomic E-state index is 6.27. The van der Waals surface area contributed by atoms with E-state index < -0.39 is 0 Å². The summed E-state index contributed by atoms with van der Waals surface area (Å²) in [5, 5.41) is 1.12. The first-order valence-electron chi connectivity index (χ1n) is 6.76. The molecule has 0 aliphatic carbocycles. The largest absolute Gasteiger partial charge is 0.459 e. The van der Waals surface area contributed by atoms with E-state index in [1.807, 2.05) is 18.2 Å². The summed E-state index contributed by atoms with van der Waals surface area (Å²) in [6, 6.07) is 16.3. The van der Waals surface area contributed by atoms with Crippen LogP contribution in [0.2, 0.25) is 0 Å². The lowest BCUT2D eigenvalue weighted by Crippen LogP contribution is -2.11. The van der Waals surface area contributed by atoms with Gasteiger partial charge >= 0.3 is 0 Å². The highest BCUT2D eigenvalue weighted by atomic mass is 79.9. The maximum Gasteiger partial charge on any atom is 0.137 e. The quantitative estimate of drug-likeness (QED) is 0.641. The molecule has 0 fully saturated rings. The lowest BCUT2D eigenvalue weighted by Gasteiger charge is -2.08. The molecule has 1 aromatic heterocycles. The van der Waals surface area contributed by atoms with Crippen molar-refractivity contribution in [2.45, 2.75) is 17.9 Å². The van der Waals surface area contributed by atoms with Crippen LogP contribution in [-0.4, -0.2) is 5.75 Å². The Morgan fingerprint density at radius 3 is 2.76 bits per heavy atom. The standard InChI is InChI=1S/C17H16BrNOS/c1-11-4-2-5-12-8-16(20-17(11)12)15(19)10-21-14-7-3-6-13(18)9-14/h2-9,15H,10,19H2,1H3. The van der Waals surface area contributed by atoms with E-state index in [9.17, 15) is 0 Å². The van der Waals surface area contributed by atoms with E-state index in [4.69, 9.17) is 10.2 Å². The molecule has 0 radical (unpaired) electrons. The lowest BCUT2D eigenvalue weighted by atomic mass is 10.1. The van der Waals surface area contributed by atoms with Crippen molar-refractivity contribution in [1.82, 2.24) is 0 Å². The van der Waals surface area contributed by atoms with Gasteiger partial charge in [0.2, 0.25) is 0 Å². The summed E-state index contributed by atoms with van der Waals surface area (Å²) in [5.74, 6) is 1.64. The van der Waals surface area contributed by atoms with Crippen LogP contribution in [0, 0.1) is 6.92 Å². The first-order chi connectivity index (χ1) is 10.1. The minimum Gasteiger partial charge on any atom is -0.459 e. The Morgan fingerprint density at radius 1 is 1.19 bits per heavy atom. The van der Waals surface area contributed by atoms with Gasteiger partial charge in [-0.3, -0.25) is 0 Å².